The first kappa shape index (κ1) is 24.9. The highest BCUT2D eigenvalue weighted by molar-refractivity contribution is 8.04. The Hall–Kier alpha value is -2.77. The summed E-state index contributed by atoms with van der Waals surface area (Å²) in [6.07, 6.45) is 4.09. The van der Waals surface area contributed by atoms with Crippen molar-refractivity contribution < 1.29 is 14.3 Å². The van der Waals surface area contributed by atoms with Crippen molar-refractivity contribution in [1.29, 1.82) is 0 Å². The lowest BCUT2D eigenvalue weighted by atomic mass is 10.1. The Morgan fingerprint density at radius 2 is 1.79 bits per heavy atom. The van der Waals surface area contributed by atoms with Gasteiger partial charge in [0.25, 0.3) is 11.8 Å². The average molecular weight is 468 g/mol. The van der Waals surface area contributed by atoms with Gasteiger partial charge in [0.1, 0.15) is 5.75 Å². The first-order valence-corrected chi connectivity index (χ1v) is 12.2. The molecule has 6 nitrogen and oxygen atoms in total. The first-order chi connectivity index (χ1) is 16.0. The highest BCUT2D eigenvalue weighted by atomic mass is 32.2. The van der Waals surface area contributed by atoms with Crippen molar-refractivity contribution in [3.63, 3.8) is 0 Å². The Bertz CT molecular complexity index is 998. The van der Waals surface area contributed by atoms with Crippen LogP contribution < -0.4 is 15.0 Å². The Labute approximate surface area is 201 Å². The lowest BCUT2D eigenvalue weighted by Gasteiger charge is -2.27. The Morgan fingerprint density at radius 1 is 1.09 bits per heavy atom. The van der Waals surface area contributed by atoms with Gasteiger partial charge in [0.05, 0.1) is 17.7 Å². The normalized spacial score (nSPS) is 14.5. The largest absolute Gasteiger partial charge is 0.497 e. The number of carbonyl (C=O) groups excluding carboxylic acids is 2. The highest BCUT2D eigenvalue weighted by Gasteiger charge is 2.27. The molecule has 2 amide bonds. The van der Waals surface area contributed by atoms with Crippen LogP contribution in [-0.2, 0) is 4.79 Å². The summed E-state index contributed by atoms with van der Waals surface area (Å²) in [5.41, 5.74) is 2.25. The fourth-order valence-electron chi connectivity index (χ4n) is 3.78. The van der Waals surface area contributed by atoms with Crippen molar-refractivity contribution in [3.8, 4) is 5.75 Å². The second kappa shape index (κ2) is 11.9. The van der Waals surface area contributed by atoms with Gasteiger partial charge in [-0.1, -0.05) is 37.7 Å². The summed E-state index contributed by atoms with van der Waals surface area (Å²) in [7, 11) is 3.37. The second-order valence-corrected chi connectivity index (χ2v) is 9.11. The van der Waals surface area contributed by atoms with Crippen molar-refractivity contribution >= 4 is 35.3 Å². The Morgan fingerprint density at radius 3 is 2.42 bits per heavy atom. The molecule has 0 spiro atoms. The van der Waals surface area contributed by atoms with E-state index in [4.69, 9.17) is 4.74 Å². The molecule has 0 saturated heterocycles. The molecule has 1 aliphatic heterocycles. The van der Waals surface area contributed by atoms with Gasteiger partial charge in [0.2, 0.25) is 0 Å². The number of hydrogen-bond acceptors (Lipinski definition) is 5. The van der Waals surface area contributed by atoms with Crippen molar-refractivity contribution in [3.05, 3.63) is 58.5 Å². The van der Waals surface area contributed by atoms with E-state index in [1.807, 2.05) is 42.5 Å². The molecule has 1 N–H and O–H groups in total. The Balaban J connectivity index is 1.69. The van der Waals surface area contributed by atoms with Gasteiger partial charge in [-0.3, -0.25) is 9.59 Å². The number of carbonyl (C=O) groups is 2. The third-order valence-electron chi connectivity index (χ3n) is 5.52. The summed E-state index contributed by atoms with van der Waals surface area (Å²) >= 11 is 1.43. The van der Waals surface area contributed by atoms with E-state index in [0.717, 1.165) is 54.4 Å². The number of ether oxygens (including phenoxy) is 1. The molecule has 176 valence electrons. The van der Waals surface area contributed by atoms with E-state index in [-0.39, 0.29) is 11.8 Å². The molecule has 33 heavy (non-hydrogen) atoms. The monoisotopic (exact) mass is 467 g/mol. The van der Waals surface area contributed by atoms with Gasteiger partial charge in [-0.2, -0.15) is 0 Å². The molecule has 0 saturated carbocycles. The molecular formula is C26H33N3O3S. The van der Waals surface area contributed by atoms with E-state index >= 15 is 0 Å². The summed E-state index contributed by atoms with van der Waals surface area (Å²) in [6.45, 7) is 7.86. The number of thioether (sulfide) groups is 1. The molecule has 2 aromatic rings. The first-order valence-electron chi connectivity index (χ1n) is 11.4. The van der Waals surface area contributed by atoms with E-state index in [0.29, 0.717) is 17.0 Å². The average Bonchev–Trinajstić information content (AvgIpc) is 2.83. The summed E-state index contributed by atoms with van der Waals surface area (Å²) in [4.78, 5) is 31.3. The zero-order valence-corrected chi connectivity index (χ0v) is 20.7. The fraction of sp³-hybridized carbons (Fsp3) is 0.385. The van der Waals surface area contributed by atoms with Crippen LogP contribution in [-0.4, -0.2) is 57.1 Å². The smallest absolute Gasteiger partial charge is 0.264 e. The van der Waals surface area contributed by atoms with Crippen molar-refractivity contribution in [2.24, 2.45) is 0 Å². The maximum atomic E-state index is 13.0. The molecule has 0 fully saturated rings. The van der Waals surface area contributed by atoms with Crippen LogP contribution in [0.15, 0.2) is 52.3 Å². The third-order valence-corrected chi connectivity index (χ3v) is 6.60. The maximum absolute atomic E-state index is 13.0. The maximum Gasteiger partial charge on any atom is 0.264 e. The quantitative estimate of drug-likeness (QED) is 0.515. The molecule has 0 aliphatic carbocycles. The number of nitrogens with zero attached hydrogens (tertiary/aromatic N) is 2. The minimum Gasteiger partial charge on any atom is -0.497 e. The molecule has 0 atom stereocenters. The molecule has 7 heteroatoms. The van der Waals surface area contributed by atoms with Crippen LogP contribution in [0.2, 0.25) is 0 Å². The number of likely N-dealkylation sites (N-methyl/N-ethyl adjacent to an activating group) is 1. The van der Waals surface area contributed by atoms with Gasteiger partial charge in [0.15, 0.2) is 0 Å². The predicted octanol–water partition coefficient (Wildman–Crippen LogP) is 4.66. The molecule has 2 aromatic carbocycles. The van der Waals surface area contributed by atoms with Crippen molar-refractivity contribution in [2.45, 2.75) is 31.6 Å². The van der Waals surface area contributed by atoms with Crippen LogP contribution in [0.3, 0.4) is 0 Å². The lowest BCUT2D eigenvalue weighted by Crippen LogP contribution is -2.36. The van der Waals surface area contributed by atoms with E-state index in [1.54, 1.807) is 25.1 Å². The number of anilines is 1. The standard InChI is InChI=1S/C26H33N3O3S/c1-5-14-29(15-6-2)16-13-27-25(30)20-9-12-23-22(18-20)28(3)26(31)24(33-23)17-19-7-10-21(32-4)11-8-19/h7-12,17-18H,5-6,13-16H2,1-4H3,(H,27,30)/b24-17-. The number of benzene rings is 2. The van der Waals surface area contributed by atoms with Gasteiger partial charge in [-0.05, 0) is 67.9 Å². The fourth-order valence-corrected chi connectivity index (χ4v) is 4.88. The van der Waals surface area contributed by atoms with Crippen LogP contribution in [0, 0.1) is 0 Å². The predicted molar refractivity (Wildman–Crippen MR) is 136 cm³/mol. The molecule has 0 radical (unpaired) electrons. The minimum atomic E-state index is -0.115. The van der Waals surface area contributed by atoms with Gasteiger partial charge in [0, 0.05) is 30.6 Å². The molecule has 0 unspecified atom stereocenters. The molecule has 1 aliphatic rings. The molecule has 1 heterocycles. The van der Waals surface area contributed by atoms with Crippen LogP contribution >= 0.6 is 11.8 Å². The Kier molecular flexibility index (Phi) is 8.97. The molecule has 0 bridgehead atoms. The van der Waals surface area contributed by atoms with Crippen LogP contribution in [0.5, 0.6) is 5.75 Å². The second-order valence-electron chi connectivity index (χ2n) is 8.03. The van der Waals surface area contributed by atoms with Crippen molar-refractivity contribution in [1.82, 2.24) is 10.2 Å². The number of amides is 2. The summed E-state index contributed by atoms with van der Waals surface area (Å²) in [5.74, 6) is 0.572. The number of fused-ring (bicyclic) bond motifs is 1. The highest BCUT2D eigenvalue weighted by Crippen LogP contribution is 2.42. The lowest BCUT2D eigenvalue weighted by molar-refractivity contribution is -0.114. The summed E-state index contributed by atoms with van der Waals surface area (Å²) in [6, 6.07) is 13.1. The molecular weight excluding hydrogens is 434 g/mol. The third kappa shape index (κ3) is 6.39. The van der Waals surface area contributed by atoms with Crippen LogP contribution in [0.25, 0.3) is 6.08 Å². The van der Waals surface area contributed by atoms with Crippen molar-refractivity contribution in [2.75, 3.05) is 45.2 Å². The van der Waals surface area contributed by atoms with E-state index in [2.05, 4.69) is 24.1 Å². The zero-order chi connectivity index (χ0) is 23.8. The van der Waals surface area contributed by atoms with Gasteiger partial charge in [-0.15, -0.1) is 0 Å². The van der Waals surface area contributed by atoms with E-state index < -0.39 is 0 Å². The number of nitrogens with one attached hydrogen (secondary N) is 1. The molecule has 0 aromatic heterocycles. The molecule has 3 rings (SSSR count). The number of methoxy groups -OCH3 is 1. The summed E-state index contributed by atoms with van der Waals surface area (Å²) in [5, 5.41) is 3.02. The van der Waals surface area contributed by atoms with Gasteiger partial charge in [-0.25, -0.2) is 0 Å². The van der Waals surface area contributed by atoms with Gasteiger partial charge < -0.3 is 19.9 Å². The number of rotatable bonds is 10. The van der Waals surface area contributed by atoms with Crippen LogP contribution in [0.4, 0.5) is 5.69 Å². The number of hydrogen-bond donors (Lipinski definition) is 1. The SMILES string of the molecule is CCCN(CCC)CCNC(=O)c1ccc2c(c1)N(C)C(=O)/C(=C/c1ccc(OC)cc1)S2. The van der Waals surface area contributed by atoms with Gasteiger partial charge >= 0.3 is 0 Å². The van der Waals surface area contributed by atoms with E-state index in [1.165, 1.54) is 11.8 Å². The van der Waals surface area contributed by atoms with Crippen LogP contribution in [0.1, 0.15) is 42.6 Å². The minimum absolute atomic E-state index is 0.0874. The van der Waals surface area contributed by atoms with E-state index in [9.17, 15) is 9.59 Å². The topological polar surface area (TPSA) is 61.9 Å². The zero-order valence-electron chi connectivity index (χ0n) is 19.9. The summed E-state index contributed by atoms with van der Waals surface area (Å²) < 4.78 is 5.20.